The molecule has 0 radical (unpaired) electrons. The molecule has 23 heavy (non-hydrogen) atoms. The fourth-order valence-electron chi connectivity index (χ4n) is 1.51. The van der Waals surface area contributed by atoms with E-state index in [0.29, 0.717) is 0 Å². The van der Waals surface area contributed by atoms with E-state index < -0.39 is 17.6 Å². The number of pyridine rings is 1. The topological polar surface area (TPSA) is 91.3 Å². The monoisotopic (exact) mass is 393 g/mol. The van der Waals surface area contributed by atoms with Gasteiger partial charge in [0.05, 0.1) is 20.8 Å². The molecule has 6 nitrogen and oxygen atoms in total. The van der Waals surface area contributed by atoms with Crippen LogP contribution in [0, 0.1) is 0 Å². The average Bonchev–Trinajstić information content (AvgIpc) is 2.47. The van der Waals surface area contributed by atoms with Gasteiger partial charge < -0.3 is 15.7 Å². The van der Waals surface area contributed by atoms with E-state index in [2.05, 4.69) is 15.6 Å². The van der Waals surface area contributed by atoms with Crippen molar-refractivity contribution in [3.05, 3.63) is 44.5 Å². The van der Waals surface area contributed by atoms with Crippen LogP contribution in [0.2, 0.25) is 20.1 Å². The summed E-state index contributed by atoms with van der Waals surface area (Å²) in [5.74, 6) is -2.59. The number of phenolic OH excluding ortho intramolecular Hbond substituents is 1. The predicted octanol–water partition coefficient (Wildman–Crippen LogP) is 3.98. The number of nitrogens with one attached hydrogen (secondary N) is 2. The van der Waals surface area contributed by atoms with Crippen molar-refractivity contribution in [3.8, 4) is 5.75 Å². The third-order valence-electron chi connectivity index (χ3n) is 2.52. The summed E-state index contributed by atoms with van der Waals surface area (Å²) in [7, 11) is 0. The number of aromatic nitrogens is 1. The van der Waals surface area contributed by atoms with Gasteiger partial charge in [0.2, 0.25) is 0 Å². The highest BCUT2D eigenvalue weighted by atomic mass is 35.5. The number of anilines is 2. The number of phenols is 1. The Hall–Kier alpha value is -1.73. The fraction of sp³-hybridized carbons (Fsp3) is 0. The number of hydrogen-bond acceptors (Lipinski definition) is 4. The number of rotatable bonds is 2. The first-order valence-corrected chi connectivity index (χ1v) is 7.40. The van der Waals surface area contributed by atoms with Crippen LogP contribution in [0.4, 0.5) is 11.5 Å². The van der Waals surface area contributed by atoms with Crippen LogP contribution in [0.1, 0.15) is 0 Å². The minimum Gasteiger partial charge on any atom is -0.504 e. The van der Waals surface area contributed by atoms with Crippen LogP contribution in [0.3, 0.4) is 0 Å². The number of halogens is 4. The molecule has 0 atom stereocenters. The van der Waals surface area contributed by atoms with Crippen LogP contribution in [0.5, 0.6) is 5.75 Å². The zero-order chi connectivity index (χ0) is 17.1. The second kappa shape index (κ2) is 7.23. The third-order valence-corrected chi connectivity index (χ3v) is 3.52. The van der Waals surface area contributed by atoms with Crippen LogP contribution < -0.4 is 10.6 Å². The van der Waals surface area contributed by atoms with Crippen molar-refractivity contribution in [3.63, 3.8) is 0 Å². The molecule has 120 valence electrons. The van der Waals surface area contributed by atoms with E-state index in [-0.39, 0.29) is 31.6 Å². The summed E-state index contributed by atoms with van der Waals surface area (Å²) in [5, 5.41) is 14.5. The molecule has 2 rings (SSSR count). The van der Waals surface area contributed by atoms with E-state index in [4.69, 9.17) is 46.4 Å². The lowest BCUT2D eigenvalue weighted by molar-refractivity contribution is -0.133. The molecule has 0 spiro atoms. The second-order valence-electron chi connectivity index (χ2n) is 4.18. The Bertz CT molecular complexity index is 798. The maximum absolute atomic E-state index is 11.9. The van der Waals surface area contributed by atoms with E-state index in [1.165, 1.54) is 24.4 Å². The molecule has 0 fully saturated rings. The SMILES string of the molecule is O=C(Nc1cc(Cl)cc(Cl)c1O)C(=O)Nc1ncc(Cl)cc1Cl. The second-order valence-corrected chi connectivity index (χ2v) is 5.86. The highest BCUT2D eigenvalue weighted by Gasteiger charge is 2.19. The van der Waals surface area contributed by atoms with Crippen molar-refractivity contribution in [1.82, 2.24) is 4.98 Å². The summed E-state index contributed by atoms with van der Waals surface area (Å²) in [6.07, 6.45) is 1.25. The van der Waals surface area contributed by atoms with E-state index in [1.54, 1.807) is 0 Å². The molecule has 3 N–H and O–H groups in total. The molecule has 0 saturated heterocycles. The summed E-state index contributed by atoms with van der Waals surface area (Å²) in [4.78, 5) is 27.5. The average molecular weight is 395 g/mol. The summed E-state index contributed by atoms with van der Waals surface area (Å²) < 4.78 is 0. The number of hydrogen-bond donors (Lipinski definition) is 3. The number of carbonyl (C=O) groups is 2. The number of benzene rings is 1. The summed E-state index contributed by atoms with van der Waals surface area (Å²) in [6.45, 7) is 0. The fourth-order valence-corrected chi connectivity index (χ4v) is 2.43. The molecular weight excluding hydrogens is 388 g/mol. The number of amides is 2. The standard InChI is InChI=1S/C13H7Cl4N3O3/c14-5-1-7(16)10(21)9(3-5)19-12(22)13(23)20-11-8(17)2-6(15)4-18-11/h1-4,21H,(H,19,22)(H,18,20,23). The normalized spacial score (nSPS) is 10.3. The van der Waals surface area contributed by atoms with E-state index in [9.17, 15) is 14.7 Å². The van der Waals surface area contributed by atoms with E-state index in [1.807, 2.05) is 0 Å². The Labute approximate surface area is 150 Å². The highest BCUT2D eigenvalue weighted by Crippen LogP contribution is 2.35. The van der Waals surface area contributed by atoms with Crippen LogP contribution in [-0.4, -0.2) is 21.9 Å². The first kappa shape index (κ1) is 17.6. The van der Waals surface area contributed by atoms with Crippen molar-refractivity contribution in [2.75, 3.05) is 10.6 Å². The highest BCUT2D eigenvalue weighted by molar-refractivity contribution is 6.45. The molecular formula is C13H7Cl4N3O3. The number of nitrogens with zero attached hydrogens (tertiary/aromatic N) is 1. The molecule has 1 aromatic carbocycles. The zero-order valence-corrected chi connectivity index (χ0v) is 14.1. The van der Waals surface area contributed by atoms with Crippen LogP contribution in [0.15, 0.2) is 24.4 Å². The van der Waals surface area contributed by atoms with Crippen molar-refractivity contribution in [2.24, 2.45) is 0 Å². The van der Waals surface area contributed by atoms with Gasteiger partial charge in [-0.25, -0.2) is 4.98 Å². The maximum atomic E-state index is 11.9. The molecule has 10 heteroatoms. The van der Waals surface area contributed by atoms with E-state index >= 15 is 0 Å². The number of aromatic hydroxyl groups is 1. The van der Waals surface area contributed by atoms with Gasteiger partial charge >= 0.3 is 11.8 Å². The Morgan fingerprint density at radius 3 is 2.17 bits per heavy atom. The molecule has 0 aliphatic rings. The van der Waals surface area contributed by atoms with Gasteiger partial charge in [0.15, 0.2) is 11.6 Å². The first-order chi connectivity index (χ1) is 10.8. The molecule has 0 saturated carbocycles. The van der Waals surface area contributed by atoms with Gasteiger partial charge in [0, 0.05) is 11.2 Å². The third kappa shape index (κ3) is 4.39. The largest absolute Gasteiger partial charge is 0.504 e. The molecule has 1 heterocycles. The Kier molecular flexibility index (Phi) is 5.54. The number of carbonyl (C=O) groups excluding carboxylic acids is 2. The minimum atomic E-state index is -1.08. The van der Waals surface area contributed by atoms with Gasteiger partial charge in [-0.3, -0.25) is 9.59 Å². The van der Waals surface area contributed by atoms with Crippen molar-refractivity contribution >= 4 is 69.7 Å². The van der Waals surface area contributed by atoms with Gasteiger partial charge in [-0.15, -0.1) is 0 Å². The molecule has 1 aromatic heterocycles. The Balaban J connectivity index is 2.13. The lowest BCUT2D eigenvalue weighted by atomic mass is 10.3. The summed E-state index contributed by atoms with van der Waals surface area (Å²) in [6, 6.07) is 3.87. The summed E-state index contributed by atoms with van der Waals surface area (Å²) in [5.41, 5.74) is -0.113. The molecule has 0 bridgehead atoms. The van der Waals surface area contributed by atoms with Crippen molar-refractivity contribution in [1.29, 1.82) is 0 Å². The minimum absolute atomic E-state index is 0.0374. The van der Waals surface area contributed by atoms with Crippen LogP contribution in [-0.2, 0) is 9.59 Å². The lowest BCUT2D eigenvalue weighted by Crippen LogP contribution is -2.29. The van der Waals surface area contributed by atoms with Crippen LogP contribution >= 0.6 is 46.4 Å². The molecule has 0 aliphatic heterocycles. The molecule has 0 unspecified atom stereocenters. The van der Waals surface area contributed by atoms with Crippen LogP contribution in [0.25, 0.3) is 0 Å². The van der Waals surface area contributed by atoms with Gasteiger partial charge in [-0.1, -0.05) is 46.4 Å². The smallest absolute Gasteiger partial charge is 0.315 e. The van der Waals surface area contributed by atoms with Gasteiger partial charge in [-0.05, 0) is 18.2 Å². The van der Waals surface area contributed by atoms with Gasteiger partial charge in [0.1, 0.15) is 0 Å². The first-order valence-electron chi connectivity index (χ1n) is 5.89. The zero-order valence-electron chi connectivity index (χ0n) is 11.0. The Morgan fingerprint density at radius 1 is 0.913 bits per heavy atom. The Morgan fingerprint density at radius 2 is 1.52 bits per heavy atom. The predicted molar refractivity (Wildman–Crippen MR) is 89.6 cm³/mol. The quantitative estimate of drug-likeness (QED) is 0.530. The van der Waals surface area contributed by atoms with Gasteiger partial charge in [0.25, 0.3) is 0 Å². The van der Waals surface area contributed by atoms with Crippen molar-refractivity contribution in [2.45, 2.75) is 0 Å². The van der Waals surface area contributed by atoms with E-state index in [0.717, 1.165) is 0 Å². The molecule has 2 amide bonds. The summed E-state index contributed by atoms with van der Waals surface area (Å²) >= 11 is 23.0. The van der Waals surface area contributed by atoms with Gasteiger partial charge in [-0.2, -0.15) is 0 Å². The molecule has 0 aliphatic carbocycles. The maximum Gasteiger partial charge on any atom is 0.315 e. The van der Waals surface area contributed by atoms with Crippen molar-refractivity contribution < 1.29 is 14.7 Å². The lowest BCUT2D eigenvalue weighted by Gasteiger charge is -2.09. The molecule has 2 aromatic rings.